The Hall–Kier alpha value is -2.62. The molecule has 0 saturated carbocycles. The Morgan fingerprint density at radius 3 is 2.31 bits per heavy atom. The molecular formula is C26H39N5O3S. The monoisotopic (exact) mass is 501 g/mol. The molecule has 1 aromatic heterocycles. The molecule has 9 heteroatoms. The van der Waals surface area contributed by atoms with Crippen molar-refractivity contribution in [2.24, 2.45) is 0 Å². The number of carbonyl (C=O) groups is 2. The van der Waals surface area contributed by atoms with Crippen LogP contribution < -0.4 is 20.3 Å². The van der Waals surface area contributed by atoms with Crippen LogP contribution in [0.3, 0.4) is 0 Å². The fraction of sp³-hybridized carbons (Fsp3) is 0.538. The zero-order valence-corrected chi connectivity index (χ0v) is 22.1. The number of hydrogen-bond donors (Lipinski definition) is 2. The van der Waals surface area contributed by atoms with E-state index in [0.29, 0.717) is 6.54 Å². The summed E-state index contributed by atoms with van der Waals surface area (Å²) in [5.41, 5.74) is 1.18. The average molecular weight is 502 g/mol. The van der Waals surface area contributed by atoms with Gasteiger partial charge in [0.05, 0.1) is 13.2 Å². The van der Waals surface area contributed by atoms with E-state index in [0.717, 1.165) is 51.6 Å². The lowest BCUT2D eigenvalue weighted by atomic mass is 10.0. The number of methoxy groups -OCH3 is 1. The highest BCUT2D eigenvalue weighted by molar-refractivity contribution is 7.10. The molecule has 0 radical (unpaired) electrons. The third-order valence-electron chi connectivity index (χ3n) is 6.63. The van der Waals surface area contributed by atoms with Crippen LogP contribution in [-0.4, -0.2) is 87.1 Å². The standard InChI is InChI=1S/C26H39N5O3S/c1-5-29(6-2)14-13-27-25(32)26(33)28-20(3)24(23-8-7-19-35-23)31-17-15-30(16-18-31)21-9-11-22(34-4)12-10-21/h7-12,19-20,24H,5-6,13-18H2,1-4H3,(H,27,32)(H,28,33). The minimum absolute atomic E-state index is 0.0143. The average Bonchev–Trinajstić information content (AvgIpc) is 3.41. The molecule has 1 saturated heterocycles. The summed E-state index contributed by atoms with van der Waals surface area (Å²) in [5.74, 6) is -0.291. The van der Waals surface area contributed by atoms with Gasteiger partial charge in [-0.3, -0.25) is 14.5 Å². The number of piperazine rings is 1. The van der Waals surface area contributed by atoms with E-state index < -0.39 is 11.8 Å². The number of nitrogens with zero attached hydrogens (tertiary/aromatic N) is 3. The molecule has 1 fully saturated rings. The largest absolute Gasteiger partial charge is 0.497 e. The molecule has 192 valence electrons. The summed E-state index contributed by atoms with van der Waals surface area (Å²) in [6, 6.07) is 12.1. The van der Waals surface area contributed by atoms with Crippen molar-refractivity contribution in [3.63, 3.8) is 0 Å². The number of thiophene rings is 1. The van der Waals surface area contributed by atoms with Gasteiger partial charge in [0.2, 0.25) is 0 Å². The van der Waals surface area contributed by atoms with E-state index in [-0.39, 0.29) is 12.1 Å². The first-order chi connectivity index (χ1) is 17.0. The molecule has 2 N–H and O–H groups in total. The number of benzene rings is 1. The van der Waals surface area contributed by atoms with Gasteiger partial charge in [-0.15, -0.1) is 11.3 Å². The fourth-order valence-corrected chi connectivity index (χ4v) is 5.52. The highest BCUT2D eigenvalue weighted by Gasteiger charge is 2.32. The van der Waals surface area contributed by atoms with E-state index in [1.165, 1.54) is 10.6 Å². The number of carbonyl (C=O) groups excluding carboxylic acids is 2. The van der Waals surface area contributed by atoms with Crippen molar-refractivity contribution in [2.45, 2.75) is 32.9 Å². The molecule has 0 bridgehead atoms. The number of hydrogen-bond acceptors (Lipinski definition) is 7. The molecule has 3 rings (SSSR count). The van der Waals surface area contributed by atoms with Gasteiger partial charge < -0.3 is 25.2 Å². The Kier molecular flexibility index (Phi) is 10.4. The molecule has 1 aliphatic rings. The minimum Gasteiger partial charge on any atom is -0.497 e. The second-order valence-corrected chi connectivity index (χ2v) is 9.71. The second kappa shape index (κ2) is 13.5. The summed E-state index contributed by atoms with van der Waals surface area (Å²) in [6.07, 6.45) is 0. The van der Waals surface area contributed by atoms with E-state index in [1.54, 1.807) is 18.4 Å². The topological polar surface area (TPSA) is 77.2 Å². The van der Waals surface area contributed by atoms with Crippen LogP contribution in [0.4, 0.5) is 5.69 Å². The third kappa shape index (κ3) is 7.43. The van der Waals surface area contributed by atoms with Crippen LogP contribution in [0.2, 0.25) is 0 Å². The van der Waals surface area contributed by atoms with Gasteiger partial charge in [-0.1, -0.05) is 19.9 Å². The molecule has 2 aromatic rings. The van der Waals surface area contributed by atoms with Crippen molar-refractivity contribution in [1.82, 2.24) is 20.4 Å². The van der Waals surface area contributed by atoms with Crippen molar-refractivity contribution >= 4 is 28.8 Å². The quantitative estimate of drug-likeness (QED) is 0.461. The summed E-state index contributed by atoms with van der Waals surface area (Å²) in [7, 11) is 1.67. The highest BCUT2D eigenvalue weighted by atomic mass is 32.1. The molecule has 2 unspecified atom stereocenters. The smallest absolute Gasteiger partial charge is 0.309 e. The van der Waals surface area contributed by atoms with Crippen LogP contribution in [0.25, 0.3) is 0 Å². The van der Waals surface area contributed by atoms with Crippen molar-refractivity contribution in [2.75, 3.05) is 64.4 Å². The molecule has 2 amide bonds. The summed E-state index contributed by atoms with van der Waals surface area (Å²) in [6.45, 7) is 12.7. The van der Waals surface area contributed by atoms with Gasteiger partial charge in [0.25, 0.3) is 0 Å². The molecule has 1 aromatic carbocycles. The van der Waals surface area contributed by atoms with Gasteiger partial charge in [-0.05, 0) is 55.7 Å². The minimum atomic E-state index is -0.574. The van der Waals surface area contributed by atoms with Gasteiger partial charge in [0.15, 0.2) is 0 Å². The summed E-state index contributed by atoms with van der Waals surface area (Å²) in [4.78, 5) is 33.2. The number of nitrogens with one attached hydrogen (secondary N) is 2. The van der Waals surface area contributed by atoms with Crippen LogP contribution in [0, 0.1) is 0 Å². The number of likely N-dealkylation sites (N-methyl/N-ethyl adjacent to an activating group) is 1. The van der Waals surface area contributed by atoms with E-state index in [2.05, 4.69) is 62.8 Å². The van der Waals surface area contributed by atoms with E-state index in [9.17, 15) is 9.59 Å². The Labute approximate surface area is 213 Å². The molecule has 2 heterocycles. The van der Waals surface area contributed by atoms with Gasteiger partial charge in [-0.2, -0.15) is 0 Å². The van der Waals surface area contributed by atoms with Gasteiger partial charge in [0.1, 0.15) is 5.75 Å². The highest BCUT2D eigenvalue weighted by Crippen LogP contribution is 2.30. The predicted octanol–water partition coefficient (Wildman–Crippen LogP) is 2.58. The van der Waals surface area contributed by atoms with Crippen LogP contribution >= 0.6 is 11.3 Å². The zero-order chi connectivity index (χ0) is 25.2. The van der Waals surface area contributed by atoms with Crippen molar-refractivity contribution in [3.8, 4) is 5.75 Å². The number of rotatable bonds is 11. The summed E-state index contributed by atoms with van der Waals surface area (Å²) >= 11 is 1.69. The molecule has 0 aliphatic carbocycles. The fourth-order valence-electron chi connectivity index (χ4n) is 4.55. The van der Waals surface area contributed by atoms with Crippen molar-refractivity contribution in [1.29, 1.82) is 0 Å². The summed E-state index contributed by atoms with van der Waals surface area (Å²) in [5, 5.41) is 7.77. The van der Waals surface area contributed by atoms with E-state index in [4.69, 9.17) is 4.74 Å². The van der Waals surface area contributed by atoms with Crippen LogP contribution in [0.5, 0.6) is 5.75 Å². The lowest BCUT2D eigenvalue weighted by molar-refractivity contribution is -0.139. The van der Waals surface area contributed by atoms with Gasteiger partial charge in [-0.25, -0.2) is 0 Å². The van der Waals surface area contributed by atoms with Crippen molar-refractivity contribution in [3.05, 3.63) is 46.7 Å². The van der Waals surface area contributed by atoms with Crippen molar-refractivity contribution < 1.29 is 14.3 Å². The lowest BCUT2D eigenvalue weighted by Crippen LogP contribution is -2.54. The summed E-state index contributed by atoms with van der Waals surface area (Å²) < 4.78 is 5.27. The lowest BCUT2D eigenvalue weighted by Gasteiger charge is -2.42. The molecular weight excluding hydrogens is 462 g/mol. The first-order valence-electron chi connectivity index (χ1n) is 12.4. The normalized spacial score (nSPS) is 16.1. The Bertz CT molecular complexity index is 910. The maximum absolute atomic E-state index is 12.6. The molecule has 35 heavy (non-hydrogen) atoms. The van der Waals surface area contributed by atoms with Gasteiger partial charge in [0, 0.05) is 55.9 Å². The second-order valence-electron chi connectivity index (χ2n) is 8.73. The SMILES string of the molecule is CCN(CC)CCNC(=O)C(=O)NC(C)C(c1cccs1)N1CCN(c2ccc(OC)cc2)CC1. The Balaban J connectivity index is 1.58. The van der Waals surface area contributed by atoms with Crippen LogP contribution in [0.15, 0.2) is 41.8 Å². The predicted molar refractivity (Wildman–Crippen MR) is 142 cm³/mol. The molecule has 8 nitrogen and oxygen atoms in total. The maximum atomic E-state index is 12.6. The van der Waals surface area contributed by atoms with E-state index >= 15 is 0 Å². The number of amides is 2. The third-order valence-corrected chi connectivity index (χ3v) is 7.57. The van der Waals surface area contributed by atoms with Crippen LogP contribution in [0.1, 0.15) is 31.7 Å². The number of ether oxygens (including phenoxy) is 1. The van der Waals surface area contributed by atoms with Crippen LogP contribution in [-0.2, 0) is 9.59 Å². The maximum Gasteiger partial charge on any atom is 0.309 e. The van der Waals surface area contributed by atoms with E-state index in [1.807, 2.05) is 25.1 Å². The first kappa shape index (κ1) is 27.0. The zero-order valence-electron chi connectivity index (χ0n) is 21.3. The molecule has 1 aliphatic heterocycles. The molecule has 2 atom stereocenters. The molecule has 0 spiro atoms. The Morgan fingerprint density at radius 1 is 1.06 bits per heavy atom. The first-order valence-corrected chi connectivity index (χ1v) is 13.3. The Morgan fingerprint density at radius 2 is 1.74 bits per heavy atom. The number of anilines is 1. The van der Waals surface area contributed by atoms with Gasteiger partial charge >= 0.3 is 11.8 Å².